The number of amides is 1. The molecule has 0 fully saturated rings. The topological polar surface area (TPSA) is 77.1 Å². The van der Waals surface area contributed by atoms with Crippen LogP contribution in [0.5, 0.6) is 0 Å². The summed E-state index contributed by atoms with van der Waals surface area (Å²) < 4.78 is 31.8. The molecule has 0 aliphatic carbocycles. The predicted octanol–water partition coefficient (Wildman–Crippen LogP) is 2.66. The molecular formula is C18H15F2N3O3. The summed E-state index contributed by atoms with van der Waals surface area (Å²) in [5.41, 5.74) is 1.13. The maximum atomic E-state index is 13.0. The molecule has 1 N–H and O–H groups in total. The third-order valence-corrected chi connectivity index (χ3v) is 3.79. The van der Waals surface area contributed by atoms with Crippen molar-refractivity contribution in [2.75, 3.05) is 0 Å². The van der Waals surface area contributed by atoms with Crippen molar-refractivity contribution in [3.8, 4) is 11.5 Å². The molecule has 0 unspecified atom stereocenters. The highest BCUT2D eigenvalue weighted by Crippen LogP contribution is 2.16. The largest absolute Gasteiger partial charge is 0.438 e. The van der Waals surface area contributed by atoms with Crippen LogP contribution in [-0.2, 0) is 11.3 Å². The zero-order valence-electron chi connectivity index (χ0n) is 13.8. The minimum atomic E-state index is -0.916. The number of nitrogens with zero attached hydrogens (tertiary/aromatic N) is 2. The first-order valence-corrected chi connectivity index (χ1v) is 7.82. The van der Waals surface area contributed by atoms with E-state index in [1.54, 1.807) is 12.1 Å². The second-order valence-corrected chi connectivity index (χ2v) is 5.64. The lowest BCUT2D eigenvalue weighted by Crippen LogP contribution is -2.34. The van der Waals surface area contributed by atoms with Gasteiger partial charge in [-0.3, -0.25) is 4.79 Å². The van der Waals surface area contributed by atoms with Gasteiger partial charge in [0.05, 0.1) is 0 Å². The number of benzene rings is 2. The Labute approximate surface area is 147 Å². The number of hydrogen-bond acceptors (Lipinski definition) is 4. The van der Waals surface area contributed by atoms with Crippen molar-refractivity contribution in [1.82, 2.24) is 15.1 Å². The van der Waals surface area contributed by atoms with Gasteiger partial charge in [-0.25, -0.2) is 13.6 Å². The van der Waals surface area contributed by atoms with Crippen LogP contribution in [0.1, 0.15) is 18.5 Å². The van der Waals surface area contributed by atoms with Gasteiger partial charge in [-0.15, -0.1) is 5.10 Å². The fraction of sp³-hybridized carbons (Fsp3) is 0.167. The number of nitrogens with one attached hydrogen (secondary N) is 1. The minimum Gasteiger partial charge on any atom is -0.388 e. The first-order valence-electron chi connectivity index (χ1n) is 7.82. The van der Waals surface area contributed by atoms with E-state index in [-0.39, 0.29) is 18.3 Å². The molecule has 134 valence electrons. The van der Waals surface area contributed by atoms with Gasteiger partial charge in [0.2, 0.25) is 11.8 Å². The number of carbonyl (C=O) groups excluding carboxylic acids is 1. The molecule has 3 aromatic rings. The van der Waals surface area contributed by atoms with Crippen LogP contribution in [0.15, 0.2) is 57.7 Å². The Morgan fingerprint density at radius 1 is 1.12 bits per heavy atom. The Morgan fingerprint density at radius 2 is 1.69 bits per heavy atom. The van der Waals surface area contributed by atoms with Crippen LogP contribution in [0, 0.1) is 11.6 Å². The van der Waals surface area contributed by atoms with Gasteiger partial charge >= 0.3 is 5.76 Å². The first-order chi connectivity index (χ1) is 12.4. The highest BCUT2D eigenvalue weighted by atomic mass is 19.1. The maximum Gasteiger partial charge on any atom is 0.438 e. The van der Waals surface area contributed by atoms with Gasteiger partial charge in [0.25, 0.3) is 0 Å². The van der Waals surface area contributed by atoms with Crippen LogP contribution < -0.4 is 11.1 Å². The molecule has 0 aliphatic heterocycles. The Bertz CT molecular complexity index is 963. The molecule has 0 saturated carbocycles. The monoisotopic (exact) mass is 359 g/mol. The maximum absolute atomic E-state index is 13.0. The van der Waals surface area contributed by atoms with Crippen molar-refractivity contribution < 1.29 is 18.0 Å². The number of aromatic nitrogens is 2. The summed E-state index contributed by atoms with van der Waals surface area (Å²) in [5.74, 6) is -2.04. The second-order valence-electron chi connectivity index (χ2n) is 5.64. The zero-order valence-corrected chi connectivity index (χ0v) is 13.8. The molecule has 6 nitrogen and oxygen atoms in total. The molecule has 0 spiro atoms. The quantitative estimate of drug-likeness (QED) is 0.760. The van der Waals surface area contributed by atoms with Crippen molar-refractivity contribution in [3.63, 3.8) is 0 Å². The molecule has 1 amide bonds. The lowest BCUT2D eigenvalue weighted by molar-refractivity contribution is -0.124. The Hall–Kier alpha value is -3.29. The molecule has 1 atom stereocenters. The van der Waals surface area contributed by atoms with E-state index in [4.69, 9.17) is 4.42 Å². The van der Waals surface area contributed by atoms with Gasteiger partial charge < -0.3 is 9.73 Å². The van der Waals surface area contributed by atoms with Gasteiger partial charge in [0, 0.05) is 12.1 Å². The van der Waals surface area contributed by atoms with Gasteiger partial charge in [-0.05, 0) is 48.9 Å². The second kappa shape index (κ2) is 7.30. The molecule has 2 aromatic carbocycles. The van der Waals surface area contributed by atoms with Crippen LogP contribution in [0.4, 0.5) is 8.78 Å². The fourth-order valence-electron chi connectivity index (χ4n) is 2.29. The SMILES string of the molecule is C[C@H](C(=O)NCc1ccc(F)cc1)n1nc(-c2ccc(F)cc2)oc1=O. The number of hydrogen-bond donors (Lipinski definition) is 1. The normalized spacial score (nSPS) is 12.0. The van der Waals surface area contributed by atoms with E-state index in [0.717, 1.165) is 4.68 Å². The highest BCUT2D eigenvalue weighted by Gasteiger charge is 2.21. The lowest BCUT2D eigenvalue weighted by atomic mass is 10.2. The van der Waals surface area contributed by atoms with Crippen LogP contribution in [0.3, 0.4) is 0 Å². The average molecular weight is 359 g/mol. The van der Waals surface area contributed by atoms with Crippen molar-refractivity contribution >= 4 is 5.91 Å². The summed E-state index contributed by atoms with van der Waals surface area (Å²) in [6.07, 6.45) is 0. The van der Waals surface area contributed by atoms with E-state index in [2.05, 4.69) is 10.4 Å². The van der Waals surface area contributed by atoms with E-state index < -0.39 is 23.5 Å². The Morgan fingerprint density at radius 3 is 2.31 bits per heavy atom. The van der Waals surface area contributed by atoms with Crippen molar-refractivity contribution in [1.29, 1.82) is 0 Å². The van der Waals surface area contributed by atoms with E-state index in [1.807, 2.05) is 0 Å². The van der Waals surface area contributed by atoms with E-state index >= 15 is 0 Å². The molecule has 0 bridgehead atoms. The molecule has 1 heterocycles. The summed E-state index contributed by atoms with van der Waals surface area (Å²) in [7, 11) is 0. The molecule has 26 heavy (non-hydrogen) atoms. The summed E-state index contributed by atoms with van der Waals surface area (Å²) >= 11 is 0. The van der Waals surface area contributed by atoms with Crippen LogP contribution in [0.2, 0.25) is 0 Å². The molecule has 3 rings (SSSR count). The van der Waals surface area contributed by atoms with Crippen molar-refractivity contribution in [2.45, 2.75) is 19.5 Å². The third kappa shape index (κ3) is 3.85. The number of halogens is 2. The van der Waals surface area contributed by atoms with Gasteiger partial charge in [-0.1, -0.05) is 12.1 Å². The lowest BCUT2D eigenvalue weighted by Gasteiger charge is -2.11. The number of rotatable bonds is 5. The molecule has 0 saturated heterocycles. The van der Waals surface area contributed by atoms with E-state index in [9.17, 15) is 18.4 Å². The van der Waals surface area contributed by atoms with Gasteiger partial charge in [0.1, 0.15) is 17.7 Å². The van der Waals surface area contributed by atoms with Gasteiger partial charge in [0.15, 0.2) is 0 Å². The molecular weight excluding hydrogens is 344 g/mol. The molecule has 0 radical (unpaired) electrons. The summed E-state index contributed by atoms with van der Waals surface area (Å²) in [6, 6.07) is 10.0. The average Bonchev–Trinajstić information content (AvgIpc) is 3.02. The Balaban J connectivity index is 1.71. The summed E-state index contributed by atoms with van der Waals surface area (Å²) in [6.45, 7) is 1.68. The summed E-state index contributed by atoms with van der Waals surface area (Å²) in [4.78, 5) is 24.2. The van der Waals surface area contributed by atoms with E-state index in [0.29, 0.717) is 11.1 Å². The smallest absolute Gasteiger partial charge is 0.388 e. The highest BCUT2D eigenvalue weighted by molar-refractivity contribution is 5.79. The first kappa shape index (κ1) is 17.5. The van der Waals surface area contributed by atoms with Gasteiger partial charge in [-0.2, -0.15) is 4.68 Å². The van der Waals surface area contributed by atoms with Crippen LogP contribution in [0.25, 0.3) is 11.5 Å². The number of carbonyl (C=O) groups is 1. The van der Waals surface area contributed by atoms with Crippen LogP contribution in [-0.4, -0.2) is 15.7 Å². The molecule has 8 heteroatoms. The summed E-state index contributed by atoms with van der Waals surface area (Å²) in [5, 5.41) is 6.65. The standard InChI is InChI=1S/C18H15F2N3O3/c1-11(16(24)21-10-12-2-6-14(19)7-3-12)23-18(25)26-17(22-23)13-4-8-15(20)9-5-13/h2-9,11H,10H2,1H3,(H,21,24)/t11-/m1/s1. The minimum absolute atomic E-state index is 0.00631. The zero-order chi connectivity index (χ0) is 18.7. The van der Waals surface area contributed by atoms with Crippen molar-refractivity contribution in [2.24, 2.45) is 0 Å². The molecule has 1 aromatic heterocycles. The van der Waals surface area contributed by atoms with E-state index in [1.165, 1.54) is 43.3 Å². The molecule has 0 aliphatic rings. The fourth-order valence-corrected chi connectivity index (χ4v) is 2.29. The van der Waals surface area contributed by atoms with Crippen LogP contribution >= 0.6 is 0 Å². The van der Waals surface area contributed by atoms with Crippen molar-refractivity contribution in [3.05, 3.63) is 76.3 Å². The third-order valence-electron chi connectivity index (χ3n) is 3.79. The predicted molar refractivity (Wildman–Crippen MR) is 89.1 cm³/mol. The Kier molecular flexibility index (Phi) is 4.92.